The standard InChI is InChI=1S/C10H9ClN2/c11-10-6-9(12-7-13-10)8-4-2-1-3-5-8/h1-2,4,6-7H,3,5H2. The van der Waals surface area contributed by atoms with Crippen LogP contribution in [0.5, 0.6) is 0 Å². The fraction of sp³-hybridized carbons (Fsp3) is 0.200. The van der Waals surface area contributed by atoms with Gasteiger partial charge >= 0.3 is 0 Å². The Balaban J connectivity index is 2.34. The summed E-state index contributed by atoms with van der Waals surface area (Å²) in [6.07, 6.45) is 9.87. The molecule has 0 amide bonds. The second-order valence-corrected chi connectivity index (χ2v) is 3.27. The highest BCUT2D eigenvalue weighted by Gasteiger charge is 2.04. The maximum Gasteiger partial charge on any atom is 0.133 e. The molecule has 1 aromatic rings. The molecule has 0 spiro atoms. The van der Waals surface area contributed by atoms with Crippen molar-refractivity contribution in [3.63, 3.8) is 0 Å². The van der Waals surface area contributed by atoms with E-state index in [0.717, 1.165) is 18.5 Å². The van der Waals surface area contributed by atoms with Crippen LogP contribution in [-0.4, -0.2) is 9.97 Å². The Morgan fingerprint density at radius 2 is 2.23 bits per heavy atom. The van der Waals surface area contributed by atoms with Gasteiger partial charge in [-0.15, -0.1) is 0 Å². The third kappa shape index (κ3) is 1.95. The first-order valence-electron chi connectivity index (χ1n) is 4.20. The summed E-state index contributed by atoms with van der Waals surface area (Å²) in [6.45, 7) is 0. The summed E-state index contributed by atoms with van der Waals surface area (Å²) in [4.78, 5) is 8.01. The van der Waals surface area contributed by atoms with Crippen molar-refractivity contribution in [1.29, 1.82) is 0 Å². The Morgan fingerprint density at radius 3 is 2.92 bits per heavy atom. The van der Waals surface area contributed by atoms with Crippen molar-refractivity contribution < 1.29 is 0 Å². The van der Waals surface area contributed by atoms with Crippen molar-refractivity contribution in [2.75, 3.05) is 0 Å². The highest BCUT2D eigenvalue weighted by Crippen LogP contribution is 2.22. The Kier molecular flexibility index (Phi) is 2.41. The molecule has 0 fully saturated rings. The average Bonchev–Trinajstić information content (AvgIpc) is 2.19. The number of aromatic nitrogens is 2. The molecular formula is C10H9ClN2. The van der Waals surface area contributed by atoms with Gasteiger partial charge in [0.05, 0.1) is 5.69 Å². The Morgan fingerprint density at radius 1 is 1.31 bits per heavy atom. The first kappa shape index (κ1) is 8.45. The van der Waals surface area contributed by atoms with Crippen LogP contribution in [0.4, 0.5) is 0 Å². The SMILES string of the molecule is Clc1cc(C2=CC=CCC2)ncn1. The van der Waals surface area contributed by atoms with E-state index >= 15 is 0 Å². The van der Waals surface area contributed by atoms with Crippen molar-refractivity contribution in [3.8, 4) is 0 Å². The molecule has 0 atom stereocenters. The highest BCUT2D eigenvalue weighted by molar-refractivity contribution is 6.29. The van der Waals surface area contributed by atoms with Gasteiger partial charge < -0.3 is 0 Å². The van der Waals surface area contributed by atoms with E-state index in [1.807, 2.05) is 0 Å². The van der Waals surface area contributed by atoms with E-state index in [4.69, 9.17) is 11.6 Å². The van der Waals surface area contributed by atoms with Crippen molar-refractivity contribution in [3.05, 3.63) is 41.5 Å². The first-order chi connectivity index (χ1) is 6.36. The van der Waals surface area contributed by atoms with E-state index in [9.17, 15) is 0 Å². The molecule has 1 heterocycles. The van der Waals surface area contributed by atoms with Crippen molar-refractivity contribution in [1.82, 2.24) is 9.97 Å². The minimum absolute atomic E-state index is 0.500. The topological polar surface area (TPSA) is 25.8 Å². The Hall–Kier alpha value is -1.15. The van der Waals surface area contributed by atoms with Crippen molar-refractivity contribution in [2.45, 2.75) is 12.8 Å². The third-order valence-electron chi connectivity index (χ3n) is 1.98. The van der Waals surface area contributed by atoms with E-state index < -0.39 is 0 Å². The summed E-state index contributed by atoms with van der Waals surface area (Å²) in [6, 6.07) is 1.80. The van der Waals surface area contributed by atoms with Gasteiger partial charge in [-0.1, -0.05) is 29.8 Å². The molecule has 2 nitrogen and oxygen atoms in total. The van der Waals surface area contributed by atoms with Crippen molar-refractivity contribution >= 4 is 17.2 Å². The fourth-order valence-electron chi connectivity index (χ4n) is 1.33. The molecular weight excluding hydrogens is 184 g/mol. The second kappa shape index (κ2) is 3.71. The monoisotopic (exact) mass is 192 g/mol. The number of hydrogen-bond acceptors (Lipinski definition) is 2. The predicted octanol–water partition coefficient (Wildman–Crippen LogP) is 2.86. The van der Waals surface area contributed by atoms with Gasteiger partial charge in [0.1, 0.15) is 11.5 Å². The van der Waals surface area contributed by atoms with Crippen LogP contribution < -0.4 is 0 Å². The minimum Gasteiger partial charge on any atom is -0.237 e. The zero-order chi connectivity index (χ0) is 9.10. The summed E-state index contributed by atoms with van der Waals surface area (Å²) < 4.78 is 0. The molecule has 0 aromatic carbocycles. The number of halogens is 1. The Bertz CT molecular complexity index is 369. The first-order valence-corrected chi connectivity index (χ1v) is 4.58. The molecule has 66 valence electrons. The molecule has 0 radical (unpaired) electrons. The highest BCUT2D eigenvalue weighted by atomic mass is 35.5. The van der Waals surface area contributed by atoms with E-state index in [1.165, 1.54) is 11.9 Å². The smallest absolute Gasteiger partial charge is 0.133 e. The molecule has 0 saturated heterocycles. The molecule has 1 aliphatic rings. The van der Waals surface area contributed by atoms with Crippen LogP contribution in [0.15, 0.2) is 30.6 Å². The lowest BCUT2D eigenvalue weighted by Gasteiger charge is -2.07. The lowest BCUT2D eigenvalue weighted by atomic mass is 10.0. The number of nitrogens with zero attached hydrogens (tertiary/aromatic N) is 2. The second-order valence-electron chi connectivity index (χ2n) is 2.88. The summed E-state index contributed by atoms with van der Waals surface area (Å²) in [5.41, 5.74) is 2.16. The molecule has 0 N–H and O–H groups in total. The molecule has 2 rings (SSSR count). The Labute approximate surface area is 82.0 Å². The van der Waals surface area contributed by atoms with Crippen LogP contribution >= 0.6 is 11.6 Å². The van der Waals surface area contributed by atoms with Gasteiger partial charge in [0, 0.05) is 6.07 Å². The number of allylic oxidation sites excluding steroid dienone is 4. The van der Waals surface area contributed by atoms with Gasteiger partial charge in [-0.05, 0) is 18.4 Å². The molecule has 13 heavy (non-hydrogen) atoms. The van der Waals surface area contributed by atoms with Crippen LogP contribution in [0.1, 0.15) is 18.5 Å². The molecule has 0 aliphatic heterocycles. The molecule has 3 heteroatoms. The quantitative estimate of drug-likeness (QED) is 0.640. The summed E-state index contributed by atoms with van der Waals surface area (Å²) in [7, 11) is 0. The average molecular weight is 193 g/mol. The van der Waals surface area contributed by atoms with Crippen LogP contribution in [0.2, 0.25) is 5.15 Å². The molecule has 0 bridgehead atoms. The fourth-order valence-corrected chi connectivity index (χ4v) is 1.47. The van der Waals surface area contributed by atoms with Crippen molar-refractivity contribution in [2.24, 2.45) is 0 Å². The maximum atomic E-state index is 5.77. The molecule has 1 aromatic heterocycles. The van der Waals surface area contributed by atoms with Gasteiger partial charge in [-0.2, -0.15) is 0 Å². The summed E-state index contributed by atoms with van der Waals surface area (Å²) >= 11 is 5.77. The predicted molar refractivity (Wildman–Crippen MR) is 53.4 cm³/mol. The van der Waals surface area contributed by atoms with Gasteiger partial charge in [0.25, 0.3) is 0 Å². The lowest BCUT2D eigenvalue weighted by Crippen LogP contribution is -1.92. The van der Waals surface area contributed by atoms with Gasteiger partial charge in [0.15, 0.2) is 0 Å². The zero-order valence-corrected chi connectivity index (χ0v) is 7.83. The van der Waals surface area contributed by atoms with E-state index in [0.29, 0.717) is 5.15 Å². The maximum absolute atomic E-state index is 5.77. The zero-order valence-electron chi connectivity index (χ0n) is 7.07. The van der Waals surface area contributed by atoms with Crippen LogP contribution in [0.25, 0.3) is 5.57 Å². The molecule has 1 aliphatic carbocycles. The van der Waals surface area contributed by atoms with Crippen LogP contribution in [0.3, 0.4) is 0 Å². The largest absolute Gasteiger partial charge is 0.237 e. The molecule has 0 saturated carbocycles. The van der Waals surface area contributed by atoms with Gasteiger partial charge in [-0.25, -0.2) is 9.97 Å². The number of hydrogen-bond donors (Lipinski definition) is 0. The van der Waals surface area contributed by atoms with Gasteiger partial charge in [-0.3, -0.25) is 0 Å². The minimum atomic E-state index is 0.500. The lowest BCUT2D eigenvalue weighted by molar-refractivity contribution is 1.03. The third-order valence-corrected chi connectivity index (χ3v) is 2.18. The van der Waals surface area contributed by atoms with Crippen LogP contribution in [0, 0.1) is 0 Å². The van der Waals surface area contributed by atoms with E-state index in [-0.39, 0.29) is 0 Å². The number of rotatable bonds is 1. The van der Waals surface area contributed by atoms with Crippen LogP contribution in [-0.2, 0) is 0 Å². The van der Waals surface area contributed by atoms with E-state index in [2.05, 4.69) is 28.2 Å². The van der Waals surface area contributed by atoms with Gasteiger partial charge in [0.2, 0.25) is 0 Å². The summed E-state index contributed by atoms with van der Waals surface area (Å²) in [5, 5.41) is 0.500. The molecule has 0 unspecified atom stereocenters. The normalized spacial score (nSPS) is 15.6. The summed E-state index contributed by atoms with van der Waals surface area (Å²) in [5.74, 6) is 0. The van der Waals surface area contributed by atoms with E-state index in [1.54, 1.807) is 6.07 Å².